The molecule has 0 aliphatic heterocycles. The minimum Gasteiger partial charge on any atom is -0.493 e. The molecular formula is C20H15N3O3. The van der Waals surface area contributed by atoms with Crippen LogP contribution in [-0.2, 0) is 0 Å². The van der Waals surface area contributed by atoms with Gasteiger partial charge in [-0.2, -0.15) is 5.26 Å². The number of hydrogen-bond donors (Lipinski definition) is 1. The molecule has 0 bridgehead atoms. The van der Waals surface area contributed by atoms with E-state index in [1.165, 1.54) is 0 Å². The molecule has 4 aromatic rings. The Bertz CT molecular complexity index is 1160. The molecule has 0 aliphatic carbocycles. The van der Waals surface area contributed by atoms with Crippen molar-refractivity contribution in [2.45, 2.75) is 0 Å². The van der Waals surface area contributed by atoms with Crippen LogP contribution in [0.1, 0.15) is 5.56 Å². The summed E-state index contributed by atoms with van der Waals surface area (Å²) in [6.07, 6.45) is 3.18. The van der Waals surface area contributed by atoms with Crippen LogP contribution in [0.2, 0.25) is 0 Å². The molecule has 0 saturated heterocycles. The first kappa shape index (κ1) is 15.8. The third-order valence-corrected chi connectivity index (χ3v) is 4.23. The average molecular weight is 345 g/mol. The predicted octanol–water partition coefficient (Wildman–Crippen LogP) is 4.61. The number of nitrogens with zero attached hydrogens (tertiary/aromatic N) is 2. The molecule has 2 heterocycles. The van der Waals surface area contributed by atoms with E-state index >= 15 is 0 Å². The predicted molar refractivity (Wildman–Crippen MR) is 99.1 cm³/mol. The second kappa shape index (κ2) is 6.30. The van der Waals surface area contributed by atoms with Crippen LogP contribution < -0.4 is 14.8 Å². The lowest BCUT2D eigenvalue weighted by molar-refractivity contribution is 0.356. The van der Waals surface area contributed by atoms with E-state index in [2.05, 4.69) is 16.4 Å². The fraction of sp³-hybridized carbons (Fsp3) is 0.100. The number of benzene rings is 2. The molecule has 6 heteroatoms. The molecule has 2 aromatic heterocycles. The summed E-state index contributed by atoms with van der Waals surface area (Å²) >= 11 is 0. The molecular weight excluding hydrogens is 330 g/mol. The van der Waals surface area contributed by atoms with Gasteiger partial charge < -0.3 is 19.2 Å². The largest absolute Gasteiger partial charge is 0.493 e. The van der Waals surface area contributed by atoms with Crippen molar-refractivity contribution in [1.29, 1.82) is 5.26 Å². The Morgan fingerprint density at radius 3 is 2.69 bits per heavy atom. The maximum Gasteiger partial charge on any atom is 0.162 e. The van der Waals surface area contributed by atoms with E-state index in [-0.39, 0.29) is 0 Å². The number of nitriles is 1. The number of anilines is 2. The van der Waals surface area contributed by atoms with Gasteiger partial charge in [-0.05, 0) is 18.2 Å². The van der Waals surface area contributed by atoms with Gasteiger partial charge in [0.2, 0.25) is 0 Å². The second-order valence-corrected chi connectivity index (χ2v) is 5.65. The van der Waals surface area contributed by atoms with Crippen LogP contribution in [0, 0.1) is 11.3 Å². The minimum absolute atomic E-state index is 0.424. The number of pyridine rings is 1. The van der Waals surface area contributed by atoms with Gasteiger partial charge in [-0.3, -0.25) is 4.98 Å². The zero-order valence-corrected chi connectivity index (χ0v) is 14.2. The normalized spacial score (nSPS) is 10.7. The molecule has 0 unspecified atom stereocenters. The molecule has 0 radical (unpaired) electrons. The fourth-order valence-electron chi connectivity index (χ4n) is 2.96. The van der Waals surface area contributed by atoms with Crippen LogP contribution in [0.15, 0.2) is 53.3 Å². The Balaban J connectivity index is 1.95. The Morgan fingerprint density at radius 2 is 1.92 bits per heavy atom. The smallest absolute Gasteiger partial charge is 0.162 e. The van der Waals surface area contributed by atoms with Gasteiger partial charge in [-0.1, -0.05) is 12.1 Å². The summed E-state index contributed by atoms with van der Waals surface area (Å²) in [4.78, 5) is 4.37. The summed E-state index contributed by atoms with van der Waals surface area (Å²) in [5.41, 5.74) is 3.25. The summed E-state index contributed by atoms with van der Waals surface area (Å²) in [6.45, 7) is 0. The first-order chi connectivity index (χ1) is 12.7. The van der Waals surface area contributed by atoms with Crippen molar-refractivity contribution in [3.05, 3.63) is 54.4 Å². The number of aromatic nitrogens is 1. The quantitative estimate of drug-likeness (QED) is 0.581. The third-order valence-electron chi connectivity index (χ3n) is 4.23. The van der Waals surface area contributed by atoms with Crippen molar-refractivity contribution >= 4 is 33.2 Å². The van der Waals surface area contributed by atoms with Gasteiger partial charge in [0, 0.05) is 23.0 Å². The SMILES string of the molecule is COc1cc2ncc(C#N)c(Nc3cccc4ccoc34)c2cc1OC. The Morgan fingerprint density at radius 1 is 1.12 bits per heavy atom. The maximum atomic E-state index is 9.55. The van der Waals surface area contributed by atoms with E-state index in [1.54, 1.807) is 32.7 Å². The van der Waals surface area contributed by atoms with Crippen LogP contribution in [0.4, 0.5) is 11.4 Å². The maximum absolute atomic E-state index is 9.55. The van der Waals surface area contributed by atoms with Gasteiger partial charge in [0.15, 0.2) is 17.1 Å². The van der Waals surface area contributed by atoms with Crippen LogP contribution in [-0.4, -0.2) is 19.2 Å². The van der Waals surface area contributed by atoms with E-state index < -0.39 is 0 Å². The Labute approximate surface area is 149 Å². The number of nitrogens with one attached hydrogen (secondary N) is 1. The molecule has 0 atom stereocenters. The molecule has 0 fully saturated rings. The molecule has 0 amide bonds. The van der Waals surface area contributed by atoms with Crippen molar-refractivity contribution in [3.63, 3.8) is 0 Å². The zero-order valence-electron chi connectivity index (χ0n) is 14.2. The van der Waals surface area contributed by atoms with Crippen molar-refractivity contribution in [2.75, 3.05) is 19.5 Å². The Kier molecular flexibility index (Phi) is 3.82. The zero-order chi connectivity index (χ0) is 18.1. The van der Waals surface area contributed by atoms with Crippen LogP contribution in [0.3, 0.4) is 0 Å². The molecule has 0 spiro atoms. The number of furan rings is 1. The van der Waals surface area contributed by atoms with E-state index in [4.69, 9.17) is 13.9 Å². The van der Waals surface area contributed by atoms with Gasteiger partial charge >= 0.3 is 0 Å². The fourth-order valence-corrected chi connectivity index (χ4v) is 2.96. The van der Waals surface area contributed by atoms with Gasteiger partial charge in [-0.15, -0.1) is 0 Å². The van der Waals surface area contributed by atoms with Gasteiger partial charge in [0.1, 0.15) is 6.07 Å². The lowest BCUT2D eigenvalue weighted by Crippen LogP contribution is -1.98. The van der Waals surface area contributed by atoms with Crippen LogP contribution in [0.5, 0.6) is 11.5 Å². The van der Waals surface area contributed by atoms with Crippen molar-refractivity contribution in [3.8, 4) is 17.6 Å². The monoisotopic (exact) mass is 345 g/mol. The highest BCUT2D eigenvalue weighted by molar-refractivity contribution is 6.00. The number of methoxy groups -OCH3 is 2. The summed E-state index contributed by atoms with van der Waals surface area (Å²) in [7, 11) is 3.14. The highest BCUT2D eigenvalue weighted by atomic mass is 16.5. The Hall–Kier alpha value is -3.72. The average Bonchev–Trinajstić information content (AvgIpc) is 3.17. The topological polar surface area (TPSA) is 80.3 Å². The molecule has 26 heavy (non-hydrogen) atoms. The first-order valence-electron chi connectivity index (χ1n) is 7.93. The number of hydrogen-bond acceptors (Lipinski definition) is 6. The molecule has 2 aromatic carbocycles. The highest BCUT2D eigenvalue weighted by Gasteiger charge is 2.15. The first-order valence-corrected chi connectivity index (χ1v) is 7.93. The summed E-state index contributed by atoms with van der Waals surface area (Å²) in [5, 5.41) is 14.6. The summed E-state index contributed by atoms with van der Waals surface area (Å²) in [5.74, 6) is 1.15. The van der Waals surface area contributed by atoms with Crippen molar-refractivity contribution in [2.24, 2.45) is 0 Å². The van der Waals surface area contributed by atoms with Crippen LogP contribution >= 0.6 is 0 Å². The molecule has 1 N–H and O–H groups in total. The molecule has 128 valence electrons. The number of para-hydroxylation sites is 1. The van der Waals surface area contributed by atoms with E-state index in [9.17, 15) is 5.26 Å². The number of fused-ring (bicyclic) bond motifs is 2. The van der Waals surface area contributed by atoms with Crippen molar-refractivity contribution in [1.82, 2.24) is 4.98 Å². The van der Waals surface area contributed by atoms with Gasteiger partial charge in [0.25, 0.3) is 0 Å². The highest BCUT2D eigenvalue weighted by Crippen LogP contribution is 2.38. The van der Waals surface area contributed by atoms with E-state index in [0.717, 1.165) is 22.0 Å². The number of ether oxygens (including phenoxy) is 2. The van der Waals surface area contributed by atoms with Gasteiger partial charge in [-0.25, -0.2) is 0 Å². The van der Waals surface area contributed by atoms with Crippen LogP contribution in [0.25, 0.3) is 21.9 Å². The summed E-state index contributed by atoms with van der Waals surface area (Å²) < 4.78 is 16.3. The standard InChI is InChI=1S/C20H15N3O3/c1-24-17-8-14-16(9-18(17)25-2)22-11-13(10-21)19(14)23-15-5-3-4-12-6-7-26-20(12)15/h3-9,11H,1-2H3,(H,22,23). The molecule has 0 saturated carbocycles. The molecule has 0 aliphatic rings. The number of rotatable bonds is 4. The lowest BCUT2D eigenvalue weighted by Gasteiger charge is -2.14. The minimum atomic E-state index is 0.424. The molecule has 4 rings (SSSR count). The second-order valence-electron chi connectivity index (χ2n) is 5.65. The lowest BCUT2D eigenvalue weighted by atomic mass is 10.1. The van der Waals surface area contributed by atoms with Crippen molar-refractivity contribution < 1.29 is 13.9 Å². The summed E-state index contributed by atoms with van der Waals surface area (Å²) in [6, 6.07) is 13.5. The van der Waals surface area contributed by atoms with E-state index in [0.29, 0.717) is 28.3 Å². The molecule has 6 nitrogen and oxygen atoms in total. The third kappa shape index (κ3) is 2.47. The van der Waals surface area contributed by atoms with E-state index in [1.807, 2.05) is 30.3 Å². The van der Waals surface area contributed by atoms with Gasteiger partial charge in [0.05, 0.1) is 42.9 Å².